The van der Waals surface area contributed by atoms with Crippen LogP contribution in [0.5, 0.6) is 11.5 Å². The van der Waals surface area contributed by atoms with Crippen LogP contribution in [0, 0.1) is 0 Å². The Morgan fingerprint density at radius 3 is 2.41 bits per heavy atom. The van der Waals surface area contributed by atoms with E-state index in [1.54, 1.807) is 18.2 Å². The van der Waals surface area contributed by atoms with Gasteiger partial charge in [-0.05, 0) is 47.0 Å². The van der Waals surface area contributed by atoms with Crippen molar-refractivity contribution in [3.8, 4) is 11.5 Å². The summed E-state index contributed by atoms with van der Waals surface area (Å²) in [6, 6.07) is 9.36. The van der Waals surface area contributed by atoms with Crippen molar-refractivity contribution >= 4 is 33.7 Å². The molecule has 4 aromatic rings. The minimum Gasteiger partial charge on any atom is -0.508 e. The smallest absolute Gasteiger partial charge is 0.345 e. The second kappa shape index (κ2) is 6.25. The quantitative estimate of drug-likeness (QED) is 0.166. The number of carbonyl (C=O) groups is 2. The third kappa shape index (κ3) is 2.84. The molecule has 2 aromatic carbocycles. The Morgan fingerprint density at radius 1 is 1.00 bits per heavy atom. The summed E-state index contributed by atoms with van der Waals surface area (Å²) in [6.45, 7) is 0. The Labute approximate surface area is 150 Å². The fraction of sp³-hybridized carbons (Fsp3) is 0. The van der Waals surface area contributed by atoms with Crippen LogP contribution in [-0.4, -0.2) is 27.0 Å². The van der Waals surface area contributed by atoms with Gasteiger partial charge in [-0.3, -0.25) is 4.79 Å². The summed E-state index contributed by atoms with van der Waals surface area (Å²) in [4.78, 5) is 32.7. The Bertz CT molecular complexity index is 1260. The second-order valence-corrected chi connectivity index (χ2v) is 5.73. The molecule has 0 radical (unpaired) electrons. The van der Waals surface area contributed by atoms with Crippen LogP contribution in [0.15, 0.2) is 53.9 Å². The molecule has 3 N–H and O–H groups in total. The Hall–Kier alpha value is -4.23. The molecule has 0 spiro atoms. The molecule has 2 aromatic heterocycles. The minimum atomic E-state index is -0.737. The Kier molecular flexibility index (Phi) is 3.76. The van der Waals surface area contributed by atoms with E-state index in [4.69, 9.17) is 10.3 Å². The number of amides is 1. The molecule has 0 saturated carbocycles. The molecule has 0 saturated heterocycles. The van der Waals surface area contributed by atoms with E-state index in [2.05, 4.69) is 20.0 Å². The number of phenols is 1. The first-order valence-corrected chi connectivity index (χ1v) is 7.79. The fourth-order valence-electron chi connectivity index (χ4n) is 2.87. The summed E-state index contributed by atoms with van der Waals surface area (Å²) in [5, 5.41) is 13.7. The van der Waals surface area contributed by atoms with E-state index < -0.39 is 11.9 Å². The lowest BCUT2D eigenvalue weighted by atomic mass is 10.1. The first-order valence-electron chi connectivity index (χ1n) is 7.79. The van der Waals surface area contributed by atoms with E-state index in [1.807, 2.05) is 0 Å². The lowest BCUT2D eigenvalue weighted by Gasteiger charge is -2.04. The molecule has 0 bridgehead atoms. The monoisotopic (exact) mass is 361 g/mol. The van der Waals surface area contributed by atoms with Gasteiger partial charge in [0.2, 0.25) is 0 Å². The van der Waals surface area contributed by atoms with Gasteiger partial charge in [0.15, 0.2) is 0 Å². The standard InChI is InChI=1S/C18H11N5O4/c19-23-22-17(25)13-7-20-16-4-2-10(6-12(13)16)27-18(26)14-8-21-15-3-1-9(24)5-11(14)15/h1-8,20-21,24H. The molecular formula is C18H11N5O4. The van der Waals surface area contributed by atoms with Crippen molar-refractivity contribution in [2.75, 3.05) is 0 Å². The highest BCUT2D eigenvalue weighted by Crippen LogP contribution is 2.27. The zero-order valence-corrected chi connectivity index (χ0v) is 13.6. The number of aromatic amines is 2. The predicted molar refractivity (Wildman–Crippen MR) is 96.7 cm³/mol. The number of ether oxygens (including phenoxy) is 1. The molecule has 4 rings (SSSR count). The highest BCUT2D eigenvalue weighted by molar-refractivity contribution is 6.08. The van der Waals surface area contributed by atoms with Gasteiger partial charge in [-0.25, -0.2) is 4.79 Å². The number of aromatic hydroxyl groups is 1. The number of nitrogens with one attached hydrogen (secondary N) is 2. The summed E-state index contributed by atoms with van der Waals surface area (Å²) in [5.74, 6) is -1.10. The number of benzene rings is 2. The summed E-state index contributed by atoms with van der Waals surface area (Å²) < 4.78 is 5.41. The SMILES string of the molecule is [N-]=[N+]=NC(=O)c1c[nH]c2ccc(OC(=O)c3c[nH]c4ccc(O)cc34)cc12. The fourth-order valence-corrected chi connectivity index (χ4v) is 2.87. The largest absolute Gasteiger partial charge is 0.508 e. The maximum Gasteiger partial charge on any atom is 0.345 e. The van der Waals surface area contributed by atoms with Crippen molar-refractivity contribution in [2.24, 2.45) is 5.11 Å². The first kappa shape index (κ1) is 16.2. The number of esters is 1. The number of H-pyrrole nitrogens is 2. The summed E-state index contributed by atoms with van der Waals surface area (Å²) >= 11 is 0. The van der Waals surface area contributed by atoms with Crippen molar-refractivity contribution in [3.05, 3.63) is 70.4 Å². The molecule has 0 unspecified atom stereocenters. The normalized spacial score (nSPS) is 10.7. The molecule has 0 fully saturated rings. The van der Waals surface area contributed by atoms with Gasteiger partial charge in [0.1, 0.15) is 11.5 Å². The zero-order valence-electron chi connectivity index (χ0n) is 13.6. The van der Waals surface area contributed by atoms with E-state index >= 15 is 0 Å². The number of nitrogens with zero attached hydrogens (tertiary/aromatic N) is 3. The van der Waals surface area contributed by atoms with Crippen LogP contribution in [0.3, 0.4) is 0 Å². The highest BCUT2D eigenvalue weighted by atomic mass is 16.5. The van der Waals surface area contributed by atoms with E-state index in [-0.39, 0.29) is 22.6 Å². The van der Waals surface area contributed by atoms with Crippen LogP contribution in [-0.2, 0) is 0 Å². The van der Waals surface area contributed by atoms with E-state index in [9.17, 15) is 14.7 Å². The van der Waals surface area contributed by atoms with Crippen LogP contribution in [0.2, 0.25) is 0 Å². The van der Waals surface area contributed by atoms with Crippen LogP contribution in [0.4, 0.5) is 0 Å². The van der Waals surface area contributed by atoms with Crippen molar-refractivity contribution in [1.29, 1.82) is 0 Å². The van der Waals surface area contributed by atoms with E-state index in [0.717, 1.165) is 0 Å². The maximum atomic E-state index is 12.5. The number of phenolic OH excluding ortho intramolecular Hbond substituents is 1. The molecule has 2 heterocycles. The van der Waals surface area contributed by atoms with E-state index in [1.165, 1.54) is 30.6 Å². The van der Waals surface area contributed by atoms with Crippen molar-refractivity contribution < 1.29 is 19.4 Å². The number of hydrogen-bond donors (Lipinski definition) is 3. The van der Waals surface area contributed by atoms with Crippen LogP contribution >= 0.6 is 0 Å². The summed E-state index contributed by atoms with van der Waals surface area (Å²) in [7, 11) is 0. The molecule has 0 aliphatic heterocycles. The van der Waals surface area contributed by atoms with Gasteiger partial charge in [-0.2, -0.15) is 0 Å². The van der Waals surface area contributed by atoms with Crippen molar-refractivity contribution in [1.82, 2.24) is 9.97 Å². The van der Waals surface area contributed by atoms with Crippen molar-refractivity contribution in [2.45, 2.75) is 0 Å². The maximum absolute atomic E-state index is 12.5. The summed E-state index contributed by atoms with van der Waals surface area (Å²) in [5.41, 5.74) is 10.2. The van der Waals surface area contributed by atoms with Gasteiger partial charge in [-0.15, -0.1) is 0 Å². The molecule has 0 aliphatic carbocycles. The topological polar surface area (TPSA) is 144 Å². The molecule has 0 aliphatic rings. The highest BCUT2D eigenvalue weighted by Gasteiger charge is 2.16. The first-order chi connectivity index (χ1) is 13.1. The molecule has 9 heteroatoms. The molecule has 0 atom stereocenters. The van der Waals surface area contributed by atoms with Crippen LogP contribution in [0.25, 0.3) is 32.2 Å². The molecular weight excluding hydrogens is 350 g/mol. The lowest BCUT2D eigenvalue weighted by molar-refractivity contribution is 0.0737. The second-order valence-electron chi connectivity index (χ2n) is 5.73. The van der Waals surface area contributed by atoms with Gasteiger partial charge in [0, 0.05) is 44.7 Å². The predicted octanol–water partition coefficient (Wildman–Crippen LogP) is 4.02. The number of aromatic nitrogens is 2. The molecule has 27 heavy (non-hydrogen) atoms. The third-order valence-corrected chi connectivity index (χ3v) is 4.11. The Morgan fingerprint density at radius 2 is 1.67 bits per heavy atom. The van der Waals surface area contributed by atoms with Gasteiger partial charge >= 0.3 is 5.97 Å². The van der Waals surface area contributed by atoms with Gasteiger partial charge in [-0.1, -0.05) is 0 Å². The zero-order chi connectivity index (χ0) is 19.0. The summed E-state index contributed by atoms with van der Waals surface area (Å²) in [6.07, 6.45) is 2.92. The van der Waals surface area contributed by atoms with Crippen LogP contribution in [0.1, 0.15) is 20.7 Å². The Balaban J connectivity index is 1.69. The molecule has 1 amide bonds. The van der Waals surface area contributed by atoms with Gasteiger partial charge < -0.3 is 19.8 Å². The number of azide groups is 1. The average molecular weight is 361 g/mol. The van der Waals surface area contributed by atoms with Crippen molar-refractivity contribution in [3.63, 3.8) is 0 Å². The van der Waals surface area contributed by atoms with Gasteiger partial charge in [0.05, 0.1) is 5.56 Å². The third-order valence-electron chi connectivity index (χ3n) is 4.11. The number of rotatable bonds is 3. The average Bonchev–Trinajstić information content (AvgIpc) is 3.25. The minimum absolute atomic E-state index is 0.0334. The van der Waals surface area contributed by atoms with Gasteiger partial charge in [0.25, 0.3) is 5.91 Å². The van der Waals surface area contributed by atoms with Crippen LogP contribution < -0.4 is 4.74 Å². The molecule has 9 nitrogen and oxygen atoms in total. The van der Waals surface area contributed by atoms with E-state index in [0.29, 0.717) is 21.8 Å². The lowest BCUT2D eigenvalue weighted by Crippen LogP contribution is -2.07. The number of hydrogen-bond acceptors (Lipinski definition) is 4. The molecule has 132 valence electrons. The number of carbonyl (C=O) groups excluding carboxylic acids is 2. The number of fused-ring (bicyclic) bond motifs is 2.